The topological polar surface area (TPSA) is 24.5 Å². The lowest BCUT2D eigenvalue weighted by molar-refractivity contribution is 0.198. The monoisotopic (exact) mass is 264 g/mol. The molecule has 108 valence electrons. The van der Waals surface area contributed by atoms with E-state index >= 15 is 0 Å². The third kappa shape index (κ3) is 5.97. The van der Waals surface area contributed by atoms with Crippen LogP contribution in [0.5, 0.6) is 0 Å². The van der Waals surface area contributed by atoms with E-state index in [2.05, 4.69) is 48.3 Å². The zero-order valence-corrected chi connectivity index (χ0v) is 12.6. The summed E-state index contributed by atoms with van der Waals surface area (Å²) in [6.07, 6.45) is 3.42. The van der Waals surface area contributed by atoms with Crippen LogP contribution in [0.15, 0.2) is 24.3 Å². The maximum absolute atomic E-state index is 5.04. The van der Waals surface area contributed by atoms with Crippen molar-refractivity contribution >= 4 is 11.4 Å². The van der Waals surface area contributed by atoms with Crippen molar-refractivity contribution in [1.29, 1.82) is 0 Å². The van der Waals surface area contributed by atoms with Gasteiger partial charge in [0.05, 0.1) is 0 Å². The summed E-state index contributed by atoms with van der Waals surface area (Å²) in [4.78, 5) is 2.45. The van der Waals surface area contributed by atoms with Gasteiger partial charge in [-0.25, -0.2) is 0 Å². The van der Waals surface area contributed by atoms with Gasteiger partial charge in [0.2, 0.25) is 0 Å². The Bertz CT molecular complexity index is 318. The molecule has 0 saturated heterocycles. The van der Waals surface area contributed by atoms with E-state index in [0.29, 0.717) is 0 Å². The smallest absolute Gasteiger partial charge is 0.0479 e. The van der Waals surface area contributed by atoms with Crippen LogP contribution in [0, 0.1) is 0 Å². The van der Waals surface area contributed by atoms with Crippen molar-refractivity contribution < 1.29 is 4.74 Å². The van der Waals surface area contributed by atoms with Gasteiger partial charge in [0, 0.05) is 44.7 Å². The predicted octanol–water partition coefficient (Wildman–Crippen LogP) is 3.76. The molecule has 1 aromatic rings. The molecule has 1 N–H and O–H groups in total. The average molecular weight is 264 g/mol. The highest BCUT2D eigenvalue weighted by Crippen LogP contribution is 2.18. The normalized spacial score (nSPS) is 10.5. The summed E-state index contributed by atoms with van der Waals surface area (Å²) in [6, 6.07) is 8.76. The molecule has 19 heavy (non-hydrogen) atoms. The number of ether oxygens (including phenoxy) is 1. The Morgan fingerprint density at radius 3 is 2.21 bits per heavy atom. The van der Waals surface area contributed by atoms with Gasteiger partial charge in [0.25, 0.3) is 0 Å². The molecule has 0 amide bonds. The summed E-state index contributed by atoms with van der Waals surface area (Å²) in [7, 11) is 1.74. The molecular formula is C16H28N2O. The van der Waals surface area contributed by atoms with E-state index in [-0.39, 0.29) is 0 Å². The van der Waals surface area contributed by atoms with Gasteiger partial charge in [-0.3, -0.25) is 0 Å². The number of nitrogens with zero attached hydrogens (tertiary/aromatic N) is 1. The van der Waals surface area contributed by atoms with Crippen molar-refractivity contribution in [2.75, 3.05) is 43.6 Å². The van der Waals surface area contributed by atoms with E-state index in [9.17, 15) is 0 Å². The lowest BCUT2D eigenvalue weighted by Gasteiger charge is -2.24. The fraction of sp³-hybridized carbons (Fsp3) is 0.625. The van der Waals surface area contributed by atoms with Crippen LogP contribution < -0.4 is 10.2 Å². The molecule has 1 aromatic carbocycles. The van der Waals surface area contributed by atoms with Gasteiger partial charge < -0.3 is 15.0 Å². The maximum atomic E-state index is 5.04. The summed E-state index contributed by atoms with van der Waals surface area (Å²) < 4.78 is 5.04. The Kier molecular flexibility index (Phi) is 8.07. The van der Waals surface area contributed by atoms with Gasteiger partial charge in [-0.05, 0) is 43.5 Å². The first kappa shape index (κ1) is 15.8. The number of anilines is 2. The molecule has 0 fully saturated rings. The average Bonchev–Trinajstić information content (AvgIpc) is 2.44. The van der Waals surface area contributed by atoms with Crippen molar-refractivity contribution in [2.24, 2.45) is 0 Å². The summed E-state index contributed by atoms with van der Waals surface area (Å²) in [6.45, 7) is 8.50. The second-order valence-electron chi connectivity index (χ2n) is 4.81. The fourth-order valence-electron chi connectivity index (χ4n) is 2.15. The Hall–Kier alpha value is -1.22. The second-order valence-corrected chi connectivity index (χ2v) is 4.81. The van der Waals surface area contributed by atoms with Crippen LogP contribution in [-0.4, -0.2) is 33.4 Å². The Balaban J connectivity index is 2.49. The lowest BCUT2D eigenvalue weighted by atomic mass is 10.2. The second kappa shape index (κ2) is 9.68. The molecule has 0 heterocycles. The minimum atomic E-state index is 0.811. The van der Waals surface area contributed by atoms with Gasteiger partial charge in [-0.15, -0.1) is 0 Å². The molecule has 0 radical (unpaired) electrons. The number of methoxy groups -OCH3 is 1. The predicted molar refractivity (Wildman–Crippen MR) is 84.2 cm³/mol. The molecule has 0 aliphatic rings. The number of nitrogens with one attached hydrogen (secondary N) is 1. The van der Waals surface area contributed by atoms with Crippen LogP contribution in [0.25, 0.3) is 0 Å². The standard InChI is InChI=1S/C16H28N2O/c1-4-12-18(13-5-2)16-9-7-15(8-10-16)17-11-6-14-19-3/h7-10,17H,4-6,11-14H2,1-3H3. The van der Waals surface area contributed by atoms with Crippen molar-refractivity contribution in [1.82, 2.24) is 0 Å². The highest BCUT2D eigenvalue weighted by atomic mass is 16.5. The molecule has 3 nitrogen and oxygen atoms in total. The van der Waals surface area contributed by atoms with Crippen molar-refractivity contribution in [3.63, 3.8) is 0 Å². The molecule has 0 aliphatic carbocycles. The first-order chi connectivity index (χ1) is 9.31. The maximum Gasteiger partial charge on any atom is 0.0479 e. The third-order valence-electron chi connectivity index (χ3n) is 3.07. The molecule has 0 bridgehead atoms. The minimum absolute atomic E-state index is 0.811. The zero-order valence-electron chi connectivity index (χ0n) is 12.6. The van der Waals surface area contributed by atoms with Crippen molar-refractivity contribution in [3.05, 3.63) is 24.3 Å². The van der Waals surface area contributed by atoms with Crippen molar-refractivity contribution in [2.45, 2.75) is 33.1 Å². The van der Waals surface area contributed by atoms with E-state index in [1.54, 1.807) is 7.11 Å². The highest BCUT2D eigenvalue weighted by Gasteiger charge is 2.03. The van der Waals surface area contributed by atoms with E-state index in [1.807, 2.05) is 0 Å². The summed E-state index contributed by atoms with van der Waals surface area (Å²) in [5.74, 6) is 0. The molecule has 1 rings (SSSR count). The van der Waals surface area contributed by atoms with Gasteiger partial charge in [0.1, 0.15) is 0 Å². The van der Waals surface area contributed by atoms with Gasteiger partial charge in [0.15, 0.2) is 0 Å². The van der Waals surface area contributed by atoms with E-state index < -0.39 is 0 Å². The quantitative estimate of drug-likeness (QED) is 0.651. The molecule has 0 atom stereocenters. The first-order valence-electron chi connectivity index (χ1n) is 7.39. The molecule has 0 aliphatic heterocycles. The molecule has 0 saturated carbocycles. The first-order valence-corrected chi connectivity index (χ1v) is 7.39. The number of hydrogen-bond acceptors (Lipinski definition) is 3. The van der Waals surface area contributed by atoms with Gasteiger partial charge in [-0.1, -0.05) is 13.8 Å². The summed E-state index contributed by atoms with van der Waals surface area (Å²) in [5.41, 5.74) is 2.51. The Morgan fingerprint density at radius 1 is 1.05 bits per heavy atom. The Morgan fingerprint density at radius 2 is 1.68 bits per heavy atom. The van der Waals surface area contributed by atoms with Gasteiger partial charge in [-0.2, -0.15) is 0 Å². The molecule has 0 spiro atoms. The minimum Gasteiger partial charge on any atom is -0.385 e. The van der Waals surface area contributed by atoms with E-state index in [4.69, 9.17) is 4.74 Å². The zero-order chi connectivity index (χ0) is 13.9. The number of benzene rings is 1. The van der Waals surface area contributed by atoms with Crippen LogP contribution in [0.3, 0.4) is 0 Å². The molecular weight excluding hydrogens is 236 g/mol. The summed E-state index contributed by atoms with van der Waals surface area (Å²) in [5, 5.41) is 3.41. The van der Waals surface area contributed by atoms with Crippen LogP contribution in [-0.2, 0) is 4.74 Å². The fourth-order valence-corrected chi connectivity index (χ4v) is 2.15. The molecule has 0 unspecified atom stereocenters. The van der Waals surface area contributed by atoms with Crippen molar-refractivity contribution in [3.8, 4) is 0 Å². The summed E-state index contributed by atoms with van der Waals surface area (Å²) >= 11 is 0. The molecule has 3 heteroatoms. The van der Waals surface area contributed by atoms with Crippen LogP contribution in [0.2, 0.25) is 0 Å². The number of hydrogen-bond donors (Lipinski definition) is 1. The highest BCUT2D eigenvalue weighted by molar-refractivity contribution is 5.55. The largest absolute Gasteiger partial charge is 0.385 e. The Labute approximate surface area is 118 Å². The SMILES string of the molecule is CCCN(CCC)c1ccc(NCCCOC)cc1. The number of rotatable bonds is 10. The van der Waals surface area contributed by atoms with Gasteiger partial charge >= 0.3 is 0 Å². The third-order valence-corrected chi connectivity index (χ3v) is 3.07. The van der Waals surface area contributed by atoms with Crippen LogP contribution in [0.1, 0.15) is 33.1 Å². The lowest BCUT2D eigenvalue weighted by Crippen LogP contribution is -2.24. The van der Waals surface area contributed by atoms with E-state index in [1.165, 1.54) is 24.2 Å². The van der Waals surface area contributed by atoms with Crippen LogP contribution in [0.4, 0.5) is 11.4 Å². The van der Waals surface area contributed by atoms with Crippen LogP contribution >= 0.6 is 0 Å². The molecule has 0 aromatic heterocycles. The van der Waals surface area contributed by atoms with E-state index in [0.717, 1.165) is 32.7 Å².